The Bertz CT molecular complexity index is 649. The van der Waals surface area contributed by atoms with E-state index in [0.29, 0.717) is 27.5 Å². The minimum absolute atomic E-state index is 0.126. The van der Waals surface area contributed by atoms with E-state index in [9.17, 15) is 0 Å². The van der Waals surface area contributed by atoms with E-state index >= 15 is 0 Å². The molecule has 0 saturated heterocycles. The van der Waals surface area contributed by atoms with Crippen molar-refractivity contribution in [2.24, 2.45) is 11.8 Å². The standard InChI is InChI=1S/C20H22O2Si.C3H8/c1-3-7-17-15(5-1)9-11-19(17)21-13-23-14-22-20-12-10-16-6-2-4-8-18(16)20;1-3-2/h1-9,11,16,18-20H,10,12-14H2;3H2,1-2H3. The summed E-state index contributed by atoms with van der Waals surface area (Å²) >= 11 is 0. The second-order valence-electron chi connectivity index (χ2n) is 7.11. The van der Waals surface area contributed by atoms with Gasteiger partial charge in [0.1, 0.15) is 15.6 Å². The highest BCUT2D eigenvalue weighted by molar-refractivity contribution is 6.35. The summed E-state index contributed by atoms with van der Waals surface area (Å²) in [5.41, 5.74) is 2.57. The number of allylic oxidation sites excluding steroid dienone is 3. The number of hydrogen-bond acceptors (Lipinski definition) is 2. The van der Waals surface area contributed by atoms with Crippen LogP contribution in [0.5, 0.6) is 0 Å². The molecule has 0 amide bonds. The van der Waals surface area contributed by atoms with E-state index in [4.69, 9.17) is 9.47 Å². The van der Waals surface area contributed by atoms with Crippen molar-refractivity contribution in [2.75, 3.05) is 12.5 Å². The van der Waals surface area contributed by atoms with Gasteiger partial charge in [-0.25, -0.2) is 0 Å². The first-order chi connectivity index (χ1) is 12.8. The van der Waals surface area contributed by atoms with E-state index in [2.05, 4.69) is 74.6 Å². The first-order valence-electron chi connectivity index (χ1n) is 9.89. The fourth-order valence-electron chi connectivity index (χ4n) is 3.82. The Morgan fingerprint density at radius 3 is 2.62 bits per heavy atom. The maximum atomic E-state index is 6.14. The van der Waals surface area contributed by atoms with Crippen LogP contribution in [0.2, 0.25) is 0 Å². The van der Waals surface area contributed by atoms with Crippen LogP contribution in [0.15, 0.2) is 54.6 Å². The highest BCUT2D eigenvalue weighted by atomic mass is 28.2. The summed E-state index contributed by atoms with van der Waals surface area (Å²) < 4.78 is 12.2. The van der Waals surface area contributed by atoms with Gasteiger partial charge >= 0.3 is 0 Å². The van der Waals surface area contributed by atoms with E-state index in [1.54, 1.807) is 0 Å². The van der Waals surface area contributed by atoms with Crippen molar-refractivity contribution in [2.45, 2.75) is 45.3 Å². The highest BCUT2D eigenvalue weighted by Crippen LogP contribution is 2.37. The van der Waals surface area contributed by atoms with E-state index in [1.165, 1.54) is 30.4 Å². The van der Waals surface area contributed by atoms with Crippen LogP contribution in [0.1, 0.15) is 50.3 Å². The average molecular weight is 367 g/mol. The molecule has 1 aromatic carbocycles. The van der Waals surface area contributed by atoms with Crippen molar-refractivity contribution >= 4 is 15.6 Å². The third kappa shape index (κ3) is 4.85. The Kier molecular flexibility index (Phi) is 7.48. The van der Waals surface area contributed by atoms with Crippen LogP contribution in [-0.2, 0) is 9.47 Å². The summed E-state index contributed by atoms with van der Waals surface area (Å²) in [6.45, 7) is 4.25. The molecule has 0 bridgehead atoms. The molecule has 3 aliphatic rings. The van der Waals surface area contributed by atoms with E-state index < -0.39 is 0 Å². The van der Waals surface area contributed by atoms with Gasteiger partial charge in [-0.05, 0) is 29.9 Å². The third-order valence-corrected chi connectivity index (χ3v) is 5.77. The summed E-state index contributed by atoms with van der Waals surface area (Å²) in [6.07, 6.45) is 19.1. The van der Waals surface area contributed by atoms with Crippen LogP contribution in [-0.4, -0.2) is 28.1 Å². The lowest BCUT2D eigenvalue weighted by Gasteiger charge is -2.22. The van der Waals surface area contributed by atoms with Crippen LogP contribution < -0.4 is 0 Å². The van der Waals surface area contributed by atoms with Crippen molar-refractivity contribution in [3.8, 4) is 0 Å². The molecule has 0 N–H and O–H groups in total. The van der Waals surface area contributed by atoms with Crippen LogP contribution in [0.25, 0.3) is 6.08 Å². The van der Waals surface area contributed by atoms with Crippen LogP contribution in [0.3, 0.4) is 0 Å². The van der Waals surface area contributed by atoms with Crippen LogP contribution in [0, 0.1) is 11.8 Å². The monoisotopic (exact) mass is 366 g/mol. The molecule has 2 nitrogen and oxygen atoms in total. The summed E-state index contributed by atoms with van der Waals surface area (Å²) in [6, 6.07) is 8.45. The highest BCUT2D eigenvalue weighted by Gasteiger charge is 2.34. The van der Waals surface area contributed by atoms with Gasteiger partial charge < -0.3 is 9.47 Å². The van der Waals surface area contributed by atoms with Gasteiger partial charge in [0.25, 0.3) is 0 Å². The molecule has 1 aromatic rings. The maximum Gasteiger partial charge on any atom is 0.108 e. The molecular formula is C23H30O2Si. The fraction of sp³-hybridized carbons (Fsp3) is 0.478. The van der Waals surface area contributed by atoms with Crippen LogP contribution >= 0.6 is 0 Å². The predicted molar refractivity (Wildman–Crippen MR) is 110 cm³/mol. The van der Waals surface area contributed by atoms with Gasteiger partial charge in [-0.2, -0.15) is 0 Å². The molecule has 1 fully saturated rings. The minimum atomic E-state index is 0.126. The Labute approximate surface area is 160 Å². The number of rotatable bonds is 6. The van der Waals surface area contributed by atoms with Crippen molar-refractivity contribution < 1.29 is 9.47 Å². The van der Waals surface area contributed by atoms with E-state index in [-0.39, 0.29) is 6.10 Å². The first kappa shape index (κ1) is 19.3. The van der Waals surface area contributed by atoms with Crippen molar-refractivity contribution in [1.29, 1.82) is 0 Å². The molecule has 2 radical (unpaired) electrons. The SMILES string of the molecule is C1=CC2CCC(OC[Si]COC3C=Cc4ccccc43)C2C=C1.CCC. The Balaban J connectivity index is 0.000000613. The molecule has 3 heteroatoms. The minimum Gasteiger partial charge on any atom is -0.381 e. The molecule has 0 aliphatic heterocycles. The molecule has 138 valence electrons. The van der Waals surface area contributed by atoms with Gasteiger partial charge in [0, 0.05) is 18.4 Å². The van der Waals surface area contributed by atoms with Crippen molar-refractivity contribution in [3.05, 3.63) is 65.8 Å². The summed E-state index contributed by atoms with van der Waals surface area (Å²) in [5.74, 6) is 1.29. The molecule has 1 saturated carbocycles. The molecule has 4 unspecified atom stereocenters. The number of fused-ring (bicyclic) bond motifs is 2. The summed E-state index contributed by atoms with van der Waals surface area (Å²) in [4.78, 5) is 0. The molecule has 0 aromatic heterocycles. The zero-order valence-corrected chi connectivity index (χ0v) is 16.9. The lowest BCUT2D eigenvalue weighted by atomic mass is 9.91. The Hall–Kier alpha value is -1.42. The Morgan fingerprint density at radius 1 is 0.962 bits per heavy atom. The van der Waals surface area contributed by atoms with Crippen molar-refractivity contribution in [1.82, 2.24) is 0 Å². The van der Waals surface area contributed by atoms with Gasteiger partial charge in [0.15, 0.2) is 0 Å². The molecule has 4 atom stereocenters. The summed E-state index contributed by atoms with van der Waals surface area (Å²) in [5, 5.41) is 0. The molecule has 0 spiro atoms. The van der Waals surface area contributed by atoms with Gasteiger partial charge in [-0.3, -0.25) is 0 Å². The zero-order valence-electron chi connectivity index (χ0n) is 15.9. The van der Waals surface area contributed by atoms with Crippen LogP contribution in [0.4, 0.5) is 0 Å². The van der Waals surface area contributed by atoms with Gasteiger partial charge in [0.2, 0.25) is 0 Å². The largest absolute Gasteiger partial charge is 0.381 e. The lowest BCUT2D eigenvalue weighted by Crippen LogP contribution is -2.24. The zero-order chi connectivity index (χ0) is 18.2. The lowest BCUT2D eigenvalue weighted by molar-refractivity contribution is 0.0617. The predicted octanol–water partition coefficient (Wildman–Crippen LogP) is 5.34. The fourth-order valence-corrected chi connectivity index (χ4v) is 4.53. The number of hydrogen-bond donors (Lipinski definition) is 0. The van der Waals surface area contributed by atoms with Gasteiger partial charge in [-0.15, -0.1) is 0 Å². The summed E-state index contributed by atoms with van der Waals surface area (Å²) in [7, 11) is 0.704. The first-order valence-corrected chi connectivity index (χ1v) is 11.3. The van der Waals surface area contributed by atoms with E-state index in [1.807, 2.05) is 0 Å². The second kappa shape index (κ2) is 10.1. The molecule has 0 heterocycles. The quantitative estimate of drug-likeness (QED) is 0.499. The maximum absolute atomic E-state index is 6.14. The molecule has 26 heavy (non-hydrogen) atoms. The molecule has 3 aliphatic carbocycles. The van der Waals surface area contributed by atoms with E-state index in [0.717, 1.165) is 12.5 Å². The van der Waals surface area contributed by atoms with Gasteiger partial charge in [-0.1, -0.05) is 81.0 Å². The molecule has 4 rings (SSSR count). The van der Waals surface area contributed by atoms with Crippen molar-refractivity contribution in [3.63, 3.8) is 0 Å². The Morgan fingerprint density at radius 2 is 1.73 bits per heavy atom. The topological polar surface area (TPSA) is 18.5 Å². The second-order valence-corrected chi connectivity index (χ2v) is 8.19. The normalized spacial score (nSPS) is 27.8. The number of ether oxygens (including phenoxy) is 2. The smallest absolute Gasteiger partial charge is 0.108 e. The average Bonchev–Trinajstić information content (AvgIpc) is 3.27. The molecular weight excluding hydrogens is 336 g/mol. The van der Waals surface area contributed by atoms with Gasteiger partial charge in [0.05, 0.1) is 6.10 Å². The third-order valence-electron chi connectivity index (χ3n) is 5.03. The number of benzene rings is 1.